The van der Waals surface area contributed by atoms with Crippen LogP contribution < -0.4 is 19.5 Å². The zero-order valence-electron chi connectivity index (χ0n) is 16.3. The lowest BCUT2D eigenvalue weighted by Crippen LogP contribution is -2.24. The van der Waals surface area contributed by atoms with Crippen LogP contribution in [0.4, 0.5) is 10.1 Å². The van der Waals surface area contributed by atoms with Crippen LogP contribution in [0.5, 0.6) is 17.2 Å². The number of halogens is 2. The molecule has 0 radical (unpaired) electrons. The number of rotatable bonds is 9. The predicted octanol–water partition coefficient (Wildman–Crippen LogP) is 3.97. The van der Waals surface area contributed by atoms with Crippen LogP contribution in [0.1, 0.15) is 12.0 Å². The standard InChI is InChI=1S/C20H24ClFN2O4/c1-24(12-14-15(21)6-5-7-16(14)22)9-8-19(25)23-13-10-17(26-2)20(28-4)18(11-13)27-3/h5-7,10-11H,8-9,12H2,1-4H3,(H,23,25). The summed E-state index contributed by atoms with van der Waals surface area (Å²) < 4.78 is 29.7. The number of amides is 1. The molecule has 1 N–H and O–H groups in total. The number of ether oxygens (including phenoxy) is 3. The molecule has 0 aromatic heterocycles. The van der Waals surface area contributed by atoms with Gasteiger partial charge in [-0.1, -0.05) is 17.7 Å². The van der Waals surface area contributed by atoms with Gasteiger partial charge in [-0.3, -0.25) is 4.79 Å². The molecular weight excluding hydrogens is 387 g/mol. The topological polar surface area (TPSA) is 60.0 Å². The molecule has 0 saturated carbocycles. The molecule has 0 aliphatic carbocycles. The fraction of sp³-hybridized carbons (Fsp3) is 0.350. The summed E-state index contributed by atoms with van der Waals surface area (Å²) in [6.45, 7) is 0.740. The minimum absolute atomic E-state index is 0.194. The van der Waals surface area contributed by atoms with E-state index in [1.807, 2.05) is 4.90 Å². The molecule has 0 spiro atoms. The minimum atomic E-state index is -0.360. The molecule has 6 nitrogen and oxygen atoms in total. The summed E-state index contributed by atoms with van der Waals surface area (Å²) in [4.78, 5) is 14.1. The zero-order valence-corrected chi connectivity index (χ0v) is 17.1. The third-order valence-electron chi connectivity index (χ3n) is 4.16. The van der Waals surface area contributed by atoms with Gasteiger partial charge in [0, 0.05) is 47.9 Å². The maximum absolute atomic E-state index is 13.9. The molecule has 0 unspecified atom stereocenters. The Morgan fingerprint density at radius 1 is 1.14 bits per heavy atom. The largest absolute Gasteiger partial charge is 0.493 e. The summed E-state index contributed by atoms with van der Waals surface area (Å²) in [5.74, 6) is 0.790. The molecule has 28 heavy (non-hydrogen) atoms. The highest BCUT2D eigenvalue weighted by molar-refractivity contribution is 6.31. The maximum Gasteiger partial charge on any atom is 0.225 e. The van der Waals surface area contributed by atoms with Gasteiger partial charge in [-0.15, -0.1) is 0 Å². The van der Waals surface area contributed by atoms with Crippen LogP contribution in [0.15, 0.2) is 30.3 Å². The van der Waals surface area contributed by atoms with Gasteiger partial charge in [0.1, 0.15) is 5.82 Å². The Labute approximate surface area is 169 Å². The van der Waals surface area contributed by atoms with E-state index >= 15 is 0 Å². The first kappa shape index (κ1) is 21.8. The molecule has 152 valence electrons. The molecule has 0 fully saturated rings. The molecule has 2 rings (SSSR count). The Morgan fingerprint density at radius 2 is 1.79 bits per heavy atom. The Bertz CT molecular complexity index is 787. The molecule has 0 aliphatic heterocycles. The quantitative estimate of drug-likeness (QED) is 0.678. The van der Waals surface area contributed by atoms with Crippen molar-refractivity contribution in [3.05, 3.63) is 46.7 Å². The minimum Gasteiger partial charge on any atom is -0.493 e. The van der Waals surface area contributed by atoms with Gasteiger partial charge in [0.2, 0.25) is 11.7 Å². The molecule has 0 aliphatic rings. The summed E-state index contributed by atoms with van der Waals surface area (Å²) in [6, 6.07) is 7.88. The van der Waals surface area contributed by atoms with E-state index in [0.717, 1.165) is 0 Å². The van der Waals surface area contributed by atoms with Crippen molar-refractivity contribution in [2.45, 2.75) is 13.0 Å². The average molecular weight is 411 g/mol. The molecule has 0 bridgehead atoms. The Balaban J connectivity index is 1.97. The number of hydrogen-bond acceptors (Lipinski definition) is 5. The third kappa shape index (κ3) is 5.50. The predicted molar refractivity (Wildman–Crippen MR) is 107 cm³/mol. The summed E-state index contributed by atoms with van der Waals surface area (Å²) >= 11 is 6.05. The molecule has 0 heterocycles. The molecule has 8 heteroatoms. The van der Waals surface area contributed by atoms with Crippen molar-refractivity contribution in [1.29, 1.82) is 0 Å². The van der Waals surface area contributed by atoms with Gasteiger partial charge in [0.05, 0.1) is 21.3 Å². The lowest BCUT2D eigenvalue weighted by molar-refractivity contribution is -0.116. The molecule has 2 aromatic rings. The molecule has 2 aromatic carbocycles. The average Bonchev–Trinajstić information content (AvgIpc) is 2.68. The second-order valence-corrected chi connectivity index (χ2v) is 6.56. The second-order valence-electron chi connectivity index (χ2n) is 6.15. The Kier molecular flexibility index (Phi) is 7.90. The number of hydrogen-bond donors (Lipinski definition) is 1. The van der Waals surface area contributed by atoms with Gasteiger partial charge in [-0.05, 0) is 19.2 Å². The van der Waals surface area contributed by atoms with Crippen molar-refractivity contribution in [2.75, 3.05) is 40.2 Å². The number of nitrogens with one attached hydrogen (secondary N) is 1. The van der Waals surface area contributed by atoms with E-state index in [-0.39, 0.29) is 18.1 Å². The van der Waals surface area contributed by atoms with Crippen molar-refractivity contribution in [2.24, 2.45) is 0 Å². The number of anilines is 1. The fourth-order valence-corrected chi connectivity index (χ4v) is 2.92. The van der Waals surface area contributed by atoms with E-state index in [0.29, 0.717) is 46.6 Å². The third-order valence-corrected chi connectivity index (χ3v) is 4.51. The van der Waals surface area contributed by atoms with Crippen LogP contribution in [-0.2, 0) is 11.3 Å². The van der Waals surface area contributed by atoms with Crippen molar-refractivity contribution in [3.63, 3.8) is 0 Å². The number of benzene rings is 2. The zero-order chi connectivity index (χ0) is 20.7. The summed E-state index contributed by atoms with van der Waals surface area (Å²) in [6.07, 6.45) is 0.221. The van der Waals surface area contributed by atoms with E-state index in [1.54, 1.807) is 31.3 Å². The van der Waals surface area contributed by atoms with Crippen molar-refractivity contribution in [3.8, 4) is 17.2 Å². The van der Waals surface area contributed by atoms with Crippen LogP contribution in [0.2, 0.25) is 5.02 Å². The number of methoxy groups -OCH3 is 3. The SMILES string of the molecule is COc1cc(NC(=O)CCN(C)Cc2c(F)cccc2Cl)cc(OC)c1OC. The van der Waals surface area contributed by atoms with E-state index in [9.17, 15) is 9.18 Å². The van der Waals surface area contributed by atoms with E-state index in [1.165, 1.54) is 27.4 Å². The maximum atomic E-state index is 13.9. The van der Waals surface area contributed by atoms with E-state index in [2.05, 4.69) is 5.32 Å². The van der Waals surface area contributed by atoms with Crippen molar-refractivity contribution in [1.82, 2.24) is 4.90 Å². The Morgan fingerprint density at radius 3 is 2.32 bits per heavy atom. The molecular formula is C20H24ClFN2O4. The van der Waals surface area contributed by atoms with Crippen LogP contribution in [0.3, 0.4) is 0 Å². The van der Waals surface area contributed by atoms with Gasteiger partial charge in [0.25, 0.3) is 0 Å². The first-order chi connectivity index (χ1) is 13.4. The smallest absolute Gasteiger partial charge is 0.225 e. The van der Waals surface area contributed by atoms with Crippen molar-refractivity contribution < 1.29 is 23.4 Å². The number of carbonyl (C=O) groups is 1. The van der Waals surface area contributed by atoms with Gasteiger partial charge in [0.15, 0.2) is 11.5 Å². The Hall–Kier alpha value is -2.51. The molecule has 1 amide bonds. The molecule has 0 saturated heterocycles. The first-order valence-electron chi connectivity index (χ1n) is 8.60. The number of carbonyl (C=O) groups excluding carboxylic acids is 1. The van der Waals surface area contributed by atoms with Gasteiger partial charge >= 0.3 is 0 Å². The molecule has 0 atom stereocenters. The first-order valence-corrected chi connectivity index (χ1v) is 8.98. The lowest BCUT2D eigenvalue weighted by atomic mass is 10.2. The van der Waals surface area contributed by atoms with Crippen LogP contribution in [0.25, 0.3) is 0 Å². The van der Waals surface area contributed by atoms with Gasteiger partial charge in [-0.2, -0.15) is 0 Å². The van der Waals surface area contributed by atoms with Gasteiger partial charge < -0.3 is 24.4 Å². The summed E-state index contributed by atoms with van der Waals surface area (Å²) in [7, 11) is 6.32. The summed E-state index contributed by atoms with van der Waals surface area (Å²) in [5, 5.41) is 3.17. The lowest BCUT2D eigenvalue weighted by Gasteiger charge is -2.18. The van der Waals surface area contributed by atoms with E-state index < -0.39 is 0 Å². The highest BCUT2D eigenvalue weighted by atomic mass is 35.5. The van der Waals surface area contributed by atoms with Crippen LogP contribution in [-0.4, -0.2) is 45.7 Å². The van der Waals surface area contributed by atoms with Crippen molar-refractivity contribution >= 4 is 23.2 Å². The highest BCUT2D eigenvalue weighted by Gasteiger charge is 2.15. The normalized spacial score (nSPS) is 10.7. The summed E-state index contributed by atoms with van der Waals surface area (Å²) in [5.41, 5.74) is 0.941. The van der Waals surface area contributed by atoms with Crippen LogP contribution >= 0.6 is 11.6 Å². The fourth-order valence-electron chi connectivity index (χ4n) is 2.70. The number of nitrogens with zero attached hydrogens (tertiary/aromatic N) is 1. The monoisotopic (exact) mass is 410 g/mol. The van der Waals surface area contributed by atoms with E-state index in [4.69, 9.17) is 25.8 Å². The highest BCUT2D eigenvalue weighted by Crippen LogP contribution is 2.39. The van der Waals surface area contributed by atoms with Crippen LogP contribution in [0, 0.1) is 5.82 Å². The van der Waals surface area contributed by atoms with Gasteiger partial charge in [-0.25, -0.2) is 4.39 Å². The second kappa shape index (κ2) is 10.1.